The summed E-state index contributed by atoms with van der Waals surface area (Å²) < 4.78 is 31.7. The first-order valence-corrected chi connectivity index (χ1v) is 9.39. The number of esters is 1. The van der Waals surface area contributed by atoms with Crippen LogP contribution < -0.4 is 4.74 Å². The Balaban J connectivity index is 1.46. The van der Waals surface area contributed by atoms with Crippen LogP contribution in [0.2, 0.25) is 0 Å². The van der Waals surface area contributed by atoms with Gasteiger partial charge in [0.25, 0.3) is 0 Å². The van der Waals surface area contributed by atoms with Crippen LogP contribution in [0, 0.1) is 17.7 Å². The lowest BCUT2D eigenvalue weighted by atomic mass is 9.77. The maximum absolute atomic E-state index is 15.0. The normalized spacial score (nSPS) is 30.6. The quantitative estimate of drug-likeness (QED) is 0.599. The Morgan fingerprint density at radius 1 is 1.08 bits per heavy atom. The van der Waals surface area contributed by atoms with Gasteiger partial charge in [0, 0.05) is 5.92 Å². The molecule has 0 amide bonds. The topological polar surface area (TPSA) is 44.8 Å². The molecular formula is C20H25FO4. The third-order valence-electron chi connectivity index (χ3n) is 5.79. The highest BCUT2D eigenvalue weighted by Crippen LogP contribution is 2.42. The lowest BCUT2D eigenvalue weighted by molar-refractivity contribution is -0.209. The van der Waals surface area contributed by atoms with E-state index < -0.39 is 0 Å². The molecule has 1 saturated heterocycles. The summed E-state index contributed by atoms with van der Waals surface area (Å²) in [4.78, 5) is 11.8. The van der Waals surface area contributed by atoms with Crippen LogP contribution in [0.1, 0.15) is 56.1 Å². The predicted molar refractivity (Wildman–Crippen MR) is 89.9 cm³/mol. The van der Waals surface area contributed by atoms with Gasteiger partial charge in [-0.05, 0) is 55.6 Å². The van der Waals surface area contributed by atoms with Gasteiger partial charge in [0.05, 0.1) is 19.1 Å². The highest BCUT2D eigenvalue weighted by atomic mass is 19.1. The monoisotopic (exact) mass is 348 g/mol. The van der Waals surface area contributed by atoms with Crippen molar-refractivity contribution in [2.45, 2.75) is 57.7 Å². The molecule has 4 rings (SSSR count). The van der Waals surface area contributed by atoms with Gasteiger partial charge in [-0.15, -0.1) is 0 Å². The van der Waals surface area contributed by atoms with Crippen LogP contribution in [0.3, 0.4) is 0 Å². The molecule has 1 aliphatic carbocycles. The number of hydrogen-bond acceptors (Lipinski definition) is 4. The van der Waals surface area contributed by atoms with E-state index in [9.17, 15) is 9.18 Å². The molecule has 25 heavy (non-hydrogen) atoms. The standard InChI is InChI=1S/C20H25FO4/c1-12-11-15-7-8-16(17(21)18(15)25-19(12)22)13-3-5-14(6-4-13)20-23-9-2-10-24-20/h7-8,12-14,20H,2-6,9-11H2,1H3. The Hall–Kier alpha value is -1.46. The van der Waals surface area contributed by atoms with Crippen molar-refractivity contribution >= 4 is 5.97 Å². The third-order valence-corrected chi connectivity index (χ3v) is 5.79. The van der Waals surface area contributed by atoms with Gasteiger partial charge in [-0.25, -0.2) is 4.39 Å². The van der Waals surface area contributed by atoms with Crippen molar-refractivity contribution in [3.8, 4) is 5.75 Å². The van der Waals surface area contributed by atoms with Crippen LogP contribution in [0.5, 0.6) is 5.75 Å². The molecule has 1 aromatic carbocycles. The molecule has 0 N–H and O–H groups in total. The van der Waals surface area contributed by atoms with Crippen molar-refractivity contribution in [3.63, 3.8) is 0 Å². The van der Waals surface area contributed by atoms with Gasteiger partial charge in [-0.3, -0.25) is 4.79 Å². The van der Waals surface area contributed by atoms with Gasteiger partial charge in [0.15, 0.2) is 17.9 Å². The second-order valence-corrected chi connectivity index (χ2v) is 7.56. The van der Waals surface area contributed by atoms with Gasteiger partial charge in [0.1, 0.15) is 0 Å². The highest BCUT2D eigenvalue weighted by Gasteiger charge is 2.34. The number of carbonyl (C=O) groups excluding carboxylic acids is 1. The summed E-state index contributed by atoms with van der Waals surface area (Å²) in [5, 5.41) is 0. The summed E-state index contributed by atoms with van der Waals surface area (Å²) in [7, 11) is 0. The van der Waals surface area contributed by atoms with Crippen LogP contribution in [-0.4, -0.2) is 25.5 Å². The van der Waals surface area contributed by atoms with Gasteiger partial charge in [0.2, 0.25) is 0 Å². The number of fused-ring (bicyclic) bond motifs is 1. The Labute approximate surface area is 147 Å². The summed E-state index contributed by atoms with van der Waals surface area (Å²) in [5.41, 5.74) is 1.48. The second-order valence-electron chi connectivity index (χ2n) is 7.56. The minimum absolute atomic E-state index is 0.0921. The summed E-state index contributed by atoms with van der Waals surface area (Å²) in [5.74, 6) is -0.158. The fourth-order valence-electron chi connectivity index (χ4n) is 4.29. The average molecular weight is 348 g/mol. The number of halogens is 1. The minimum atomic E-state index is -0.341. The highest BCUT2D eigenvalue weighted by molar-refractivity contribution is 5.77. The molecule has 0 radical (unpaired) electrons. The van der Waals surface area contributed by atoms with Crippen molar-refractivity contribution in [1.82, 2.24) is 0 Å². The number of hydrogen-bond donors (Lipinski definition) is 0. The molecule has 2 fully saturated rings. The van der Waals surface area contributed by atoms with Crippen LogP contribution in [0.15, 0.2) is 12.1 Å². The largest absolute Gasteiger partial charge is 0.423 e. The van der Waals surface area contributed by atoms with Crippen molar-refractivity contribution in [2.75, 3.05) is 13.2 Å². The molecule has 0 bridgehead atoms. The first kappa shape index (κ1) is 17.0. The lowest BCUT2D eigenvalue weighted by Crippen LogP contribution is -2.34. The summed E-state index contributed by atoms with van der Waals surface area (Å²) in [6, 6.07) is 3.81. The molecule has 5 heteroatoms. The van der Waals surface area contributed by atoms with Crippen LogP contribution >= 0.6 is 0 Å². The zero-order valence-electron chi connectivity index (χ0n) is 14.6. The van der Waals surface area contributed by atoms with E-state index >= 15 is 0 Å². The molecule has 0 aromatic heterocycles. The first-order chi connectivity index (χ1) is 12.1. The Morgan fingerprint density at radius 2 is 1.80 bits per heavy atom. The van der Waals surface area contributed by atoms with Gasteiger partial charge in [-0.1, -0.05) is 19.1 Å². The Kier molecular flexibility index (Phi) is 4.78. The van der Waals surface area contributed by atoms with E-state index in [1.165, 1.54) is 0 Å². The van der Waals surface area contributed by atoms with Crippen LogP contribution in [0.4, 0.5) is 4.39 Å². The van der Waals surface area contributed by atoms with Crippen molar-refractivity contribution in [3.05, 3.63) is 29.1 Å². The molecule has 3 aliphatic rings. The van der Waals surface area contributed by atoms with Gasteiger partial charge < -0.3 is 14.2 Å². The molecule has 1 saturated carbocycles. The molecule has 1 atom stereocenters. The van der Waals surface area contributed by atoms with E-state index in [-0.39, 0.29) is 35.7 Å². The van der Waals surface area contributed by atoms with E-state index in [1.807, 2.05) is 19.1 Å². The van der Waals surface area contributed by atoms with E-state index in [1.54, 1.807) is 0 Å². The number of carbonyl (C=O) groups is 1. The van der Waals surface area contributed by atoms with Crippen molar-refractivity contribution in [1.29, 1.82) is 0 Å². The summed E-state index contributed by atoms with van der Waals surface area (Å²) in [6.07, 6.45) is 5.19. The lowest BCUT2D eigenvalue weighted by Gasteiger charge is -2.35. The maximum atomic E-state index is 15.0. The Bertz CT molecular complexity index is 645. The first-order valence-electron chi connectivity index (χ1n) is 9.39. The fraction of sp³-hybridized carbons (Fsp3) is 0.650. The SMILES string of the molecule is CC1Cc2ccc(C3CCC(C4OCCCO4)CC3)c(F)c2OC1=O. The number of rotatable bonds is 2. The van der Waals surface area contributed by atoms with Gasteiger partial charge in [-0.2, -0.15) is 0 Å². The van der Waals surface area contributed by atoms with E-state index in [0.29, 0.717) is 17.9 Å². The maximum Gasteiger partial charge on any atom is 0.314 e. The van der Waals surface area contributed by atoms with E-state index in [2.05, 4.69) is 0 Å². The molecule has 2 heterocycles. The number of benzene rings is 1. The predicted octanol–water partition coefficient (Wildman–Crippen LogP) is 3.96. The van der Waals surface area contributed by atoms with Crippen molar-refractivity contribution < 1.29 is 23.4 Å². The molecule has 1 unspecified atom stereocenters. The summed E-state index contributed by atoms with van der Waals surface area (Å²) >= 11 is 0. The third kappa shape index (κ3) is 3.32. The van der Waals surface area contributed by atoms with Crippen LogP contribution in [-0.2, 0) is 20.7 Å². The zero-order valence-corrected chi connectivity index (χ0v) is 14.6. The van der Waals surface area contributed by atoms with E-state index in [4.69, 9.17) is 14.2 Å². The molecule has 1 aromatic rings. The minimum Gasteiger partial charge on any atom is -0.423 e. The van der Waals surface area contributed by atoms with Crippen LogP contribution in [0.25, 0.3) is 0 Å². The fourth-order valence-corrected chi connectivity index (χ4v) is 4.29. The number of ether oxygens (including phenoxy) is 3. The van der Waals surface area contributed by atoms with E-state index in [0.717, 1.165) is 50.9 Å². The molecule has 136 valence electrons. The molecular weight excluding hydrogens is 323 g/mol. The smallest absolute Gasteiger partial charge is 0.314 e. The average Bonchev–Trinajstić information content (AvgIpc) is 2.65. The van der Waals surface area contributed by atoms with Crippen molar-refractivity contribution in [2.24, 2.45) is 11.8 Å². The molecule has 2 aliphatic heterocycles. The Morgan fingerprint density at radius 3 is 2.52 bits per heavy atom. The van der Waals surface area contributed by atoms with Gasteiger partial charge >= 0.3 is 5.97 Å². The summed E-state index contributed by atoms with van der Waals surface area (Å²) in [6.45, 7) is 3.36. The molecule has 0 spiro atoms. The molecule has 4 nitrogen and oxygen atoms in total. The zero-order chi connectivity index (χ0) is 17.4. The second kappa shape index (κ2) is 7.04.